The van der Waals surface area contributed by atoms with Crippen molar-refractivity contribution >= 4 is 26.6 Å². The van der Waals surface area contributed by atoms with E-state index in [1.165, 1.54) is 0 Å². The summed E-state index contributed by atoms with van der Waals surface area (Å²) in [5.74, 6) is 1.37. The second-order valence-corrected chi connectivity index (χ2v) is 6.73. The van der Waals surface area contributed by atoms with Crippen molar-refractivity contribution in [1.82, 2.24) is 15.0 Å². The molecule has 0 aliphatic carbocycles. The van der Waals surface area contributed by atoms with Crippen LogP contribution in [-0.4, -0.2) is 63.8 Å². The van der Waals surface area contributed by atoms with Gasteiger partial charge in [0.05, 0.1) is 6.17 Å². The minimum absolute atomic E-state index is 0.388. The molecule has 9 nitrogen and oxygen atoms in total. The largest absolute Gasteiger partial charge is 0.521 e. The lowest BCUT2D eigenvalue weighted by atomic mass is 10.8. The average molecular weight is 330 g/mol. The quantitative estimate of drug-likeness (QED) is 0.512. The fourth-order valence-corrected chi connectivity index (χ4v) is 4.05. The molecule has 0 unspecified atom stereocenters. The normalized spacial score (nSPS) is 11.3. The van der Waals surface area contributed by atoms with Gasteiger partial charge in [0.15, 0.2) is 0 Å². The summed E-state index contributed by atoms with van der Waals surface area (Å²) >= 11 is 0. The molecule has 1 rings (SSSR count). The van der Waals surface area contributed by atoms with E-state index in [9.17, 15) is 0 Å². The van der Waals surface area contributed by atoms with Crippen LogP contribution in [0.3, 0.4) is 0 Å². The van der Waals surface area contributed by atoms with Gasteiger partial charge < -0.3 is 29.2 Å². The van der Waals surface area contributed by atoms with Crippen LogP contribution >= 0.6 is 0 Å². The number of hydrogen-bond acceptors (Lipinski definition) is 9. The van der Waals surface area contributed by atoms with Gasteiger partial charge in [-0.05, 0) is 20.8 Å². The van der Waals surface area contributed by atoms with Crippen LogP contribution in [-0.2, 0) is 13.3 Å². The van der Waals surface area contributed by atoms with E-state index in [4.69, 9.17) is 13.3 Å². The van der Waals surface area contributed by atoms with Crippen LogP contribution in [0.4, 0.5) is 17.8 Å². The van der Waals surface area contributed by atoms with Gasteiger partial charge in [0.25, 0.3) is 0 Å². The summed E-state index contributed by atoms with van der Waals surface area (Å²) in [4.78, 5) is 12.7. The summed E-state index contributed by atoms with van der Waals surface area (Å²) in [5, 5.41) is 8.91. The topological polar surface area (TPSA) is 102 Å². The minimum Gasteiger partial charge on any atom is -0.373 e. The molecule has 0 bridgehead atoms. The fraction of sp³-hybridized carbons (Fsp3) is 0.750. The summed E-state index contributed by atoms with van der Waals surface area (Å²) in [7, 11) is 0.711. The maximum atomic E-state index is 5.77. The first-order valence-electron chi connectivity index (χ1n) is 7.40. The lowest BCUT2D eigenvalue weighted by molar-refractivity contribution is 0.0740. The number of aromatic nitrogens is 3. The smallest absolute Gasteiger partial charge is 0.373 e. The van der Waals surface area contributed by atoms with E-state index in [-0.39, 0.29) is 0 Å². The van der Waals surface area contributed by atoms with Crippen molar-refractivity contribution < 1.29 is 13.3 Å². The Morgan fingerprint density at radius 3 is 1.55 bits per heavy atom. The predicted octanol–water partition coefficient (Wildman–Crippen LogP) is 0.954. The molecule has 0 atom stereocenters. The Bertz CT molecular complexity index is 412. The van der Waals surface area contributed by atoms with Gasteiger partial charge in [-0.15, -0.1) is 0 Å². The van der Waals surface area contributed by atoms with Gasteiger partial charge in [-0.3, -0.25) is 0 Å². The predicted molar refractivity (Wildman–Crippen MR) is 88.0 cm³/mol. The molecule has 0 aliphatic rings. The zero-order valence-corrected chi connectivity index (χ0v) is 14.9. The molecule has 0 saturated heterocycles. The van der Waals surface area contributed by atoms with E-state index in [2.05, 4.69) is 30.9 Å². The Hall–Kier alpha value is -1.49. The molecule has 0 radical (unpaired) electrons. The van der Waals surface area contributed by atoms with Gasteiger partial charge in [0, 0.05) is 33.9 Å². The maximum absolute atomic E-state index is 5.77. The van der Waals surface area contributed by atoms with Crippen molar-refractivity contribution in [3.63, 3.8) is 0 Å². The molecule has 0 aliphatic heterocycles. The standard InChI is InChI=1S/C12H26N6O3Si/c1-6-19-22(20-7-2,21-8-3)9-15-12-17-10(13-4)16-11(14-5)18-12/h6-9H2,1-5H3,(H3,13,14,15,16,17,18). The second kappa shape index (κ2) is 9.51. The van der Waals surface area contributed by atoms with E-state index in [0.717, 1.165) is 0 Å². The summed E-state index contributed by atoms with van der Waals surface area (Å²) < 4.78 is 17.3. The molecule has 0 aromatic carbocycles. The molecule has 1 aromatic heterocycles. The lowest BCUT2D eigenvalue weighted by Gasteiger charge is -2.28. The fourth-order valence-electron chi connectivity index (χ4n) is 1.80. The lowest BCUT2D eigenvalue weighted by Crippen LogP contribution is -2.52. The van der Waals surface area contributed by atoms with Gasteiger partial charge >= 0.3 is 8.80 Å². The molecule has 10 heteroatoms. The van der Waals surface area contributed by atoms with Crippen LogP contribution in [0.25, 0.3) is 0 Å². The first-order valence-corrected chi connectivity index (χ1v) is 9.33. The monoisotopic (exact) mass is 330 g/mol. The summed E-state index contributed by atoms with van der Waals surface area (Å²) in [5.41, 5.74) is 0. The van der Waals surface area contributed by atoms with Crippen molar-refractivity contribution in [3.05, 3.63) is 0 Å². The zero-order chi connectivity index (χ0) is 16.4. The van der Waals surface area contributed by atoms with Crippen LogP contribution in [0, 0.1) is 0 Å². The highest BCUT2D eigenvalue weighted by Gasteiger charge is 2.40. The number of rotatable bonds is 11. The first-order chi connectivity index (χ1) is 10.6. The number of hydrogen-bond donors (Lipinski definition) is 3. The highest BCUT2D eigenvalue weighted by molar-refractivity contribution is 6.61. The van der Waals surface area contributed by atoms with Crippen LogP contribution in [0.2, 0.25) is 0 Å². The molecule has 126 valence electrons. The van der Waals surface area contributed by atoms with Crippen LogP contribution in [0.5, 0.6) is 0 Å². The van der Waals surface area contributed by atoms with Gasteiger partial charge in [-0.1, -0.05) is 0 Å². The molecule has 1 aromatic rings. The Kier molecular flexibility index (Phi) is 8.02. The van der Waals surface area contributed by atoms with Crippen molar-refractivity contribution in [2.24, 2.45) is 0 Å². The van der Waals surface area contributed by atoms with Gasteiger partial charge in [-0.2, -0.15) is 15.0 Å². The Labute approximate surface area is 132 Å². The number of anilines is 3. The maximum Gasteiger partial charge on any atom is 0.521 e. The summed E-state index contributed by atoms with van der Waals surface area (Å²) in [6, 6.07) is 0. The van der Waals surface area contributed by atoms with Crippen LogP contribution < -0.4 is 16.0 Å². The Balaban J connectivity index is 2.86. The molecule has 0 fully saturated rings. The first kappa shape index (κ1) is 18.6. The molecule has 0 amide bonds. The SMILES string of the molecule is CCO[Si](CNc1nc(NC)nc(NC)n1)(OCC)OCC. The highest BCUT2D eigenvalue weighted by Crippen LogP contribution is 2.13. The van der Waals surface area contributed by atoms with Crippen molar-refractivity contribution in [2.45, 2.75) is 20.8 Å². The zero-order valence-electron chi connectivity index (χ0n) is 13.9. The summed E-state index contributed by atoms with van der Waals surface area (Å²) in [6.07, 6.45) is 0.388. The molecule has 3 N–H and O–H groups in total. The van der Waals surface area contributed by atoms with Crippen LogP contribution in [0.1, 0.15) is 20.8 Å². The highest BCUT2D eigenvalue weighted by atomic mass is 28.4. The van der Waals surface area contributed by atoms with Crippen molar-refractivity contribution in [2.75, 3.05) is 56.0 Å². The van der Waals surface area contributed by atoms with E-state index >= 15 is 0 Å². The molecular formula is C12H26N6O3Si. The van der Waals surface area contributed by atoms with Crippen molar-refractivity contribution in [1.29, 1.82) is 0 Å². The number of nitrogens with zero attached hydrogens (tertiary/aromatic N) is 3. The van der Waals surface area contributed by atoms with Crippen molar-refractivity contribution in [3.8, 4) is 0 Å². The third kappa shape index (κ3) is 5.37. The van der Waals surface area contributed by atoms with Crippen LogP contribution in [0.15, 0.2) is 0 Å². The van der Waals surface area contributed by atoms with E-state index in [1.807, 2.05) is 20.8 Å². The molecule has 1 heterocycles. The molecule has 0 spiro atoms. The van der Waals surface area contributed by atoms with Gasteiger partial charge in [-0.25, -0.2) is 0 Å². The number of nitrogens with one attached hydrogen (secondary N) is 3. The minimum atomic E-state index is -2.79. The second-order valence-electron chi connectivity index (χ2n) is 4.14. The average Bonchev–Trinajstić information content (AvgIpc) is 2.53. The summed E-state index contributed by atoms with van der Waals surface area (Å²) in [6.45, 7) is 7.32. The third-order valence-electron chi connectivity index (χ3n) is 2.64. The molecular weight excluding hydrogens is 304 g/mol. The van der Waals surface area contributed by atoms with E-state index in [0.29, 0.717) is 43.8 Å². The third-order valence-corrected chi connectivity index (χ3v) is 5.43. The van der Waals surface area contributed by atoms with E-state index in [1.54, 1.807) is 14.1 Å². The Morgan fingerprint density at radius 1 is 0.773 bits per heavy atom. The molecule has 0 saturated carbocycles. The van der Waals surface area contributed by atoms with Gasteiger partial charge in [0.2, 0.25) is 17.8 Å². The molecule has 22 heavy (non-hydrogen) atoms. The Morgan fingerprint density at radius 2 is 1.18 bits per heavy atom. The van der Waals surface area contributed by atoms with E-state index < -0.39 is 8.80 Å². The van der Waals surface area contributed by atoms with Gasteiger partial charge in [0.1, 0.15) is 0 Å².